The van der Waals surface area contributed by atoms with Gasteiger partial charge in [-0.3, -0.25) is 4.79 Å². The first-order valence-corrected chi connectivity index (χ1v) is 7.84. The molecule has 1 fully saturated rings. The van der Waals surface area contributed by atoms with E-state index < -0.39 is 23.9 Å². The van der Waals surface area contributed by atoms with Crippen molar-refractivity contribution in [2.75, 3.05) is 6.61 Å². The highest BCUT2D eigenvalue weighted by atomic mass is 19.1. The molecule has 1 amide bonds. The molecular weight excluding hydrogens is 285 g/mol. The Hall–Kier alpha value is -1.91. The second kappa shape index (κ2) is 7.92. The van der Waals surface area contributed by atoms with Gasteiger partial charge in [-0.25, -0.2) is 9.18 Å². The lowest BCUT2D eigenvalue weighted by molar-refractivity contribution is -0.123. The lowest BCUT2D eigenvalue weighted by Crippen LogP contribution is -2.37. The number of amides is 1. The van der Waals surface area contributed by atoms with Gasteiger partial charge >= 0.3 is 6.09 Å². The van der Waals surface area contributed by atoms with Gasteiger partial charge < -0.3 is 10.1 Å². The maximum Gasteiger partial charge on any atom is 0.407 e. The second-order valence-electron chi connectivity index (χ2n) is 5.54. The zero-order valence-corrected chi connectivity index (χ0v) is 12.8. The zero-order valence-electron chi connectivity index (χ0n) is 12.8. The van der Waals surface area contributed by atoms with E-state index in [4.69, 9.17) is 4.74 Å². The number of carbonyl (C=O) groups is 2. The number of ketones is 1. The van der Waals surface area contributed by atoms with E-state index in [-0.39, 0.29) is 12.4 Å². The molecule has 1 aromatic carbocycles. The van der Waals surface area contributed by atoms with Crippen molar-refractivity contribution in [2.45, 2.75) is 45.1 Å². The van der Waals surface area contributed by atoms with Crippen LogP contribution in [0, 0.1) is 11.7 Å². The van der Waals surface area contributed by atoms with E-state index in [0.717, 1.165) is 19.3 Å². The average Bonchev–Trinajstić information content (AvgIpc) is 2.71. The third-order valence-corrected chi connectivity index (χ3v) is 4.04. The van der Waals surface area contributed by atoms with E-state index in [1.54, 1.807) is 25.1 Å². The Kier molecular flexibility index (Phi) is 5.92. The van der Waals surface area contributed by atoms with Gasteiger partial charge in [-0.1, -0.05) is 31.0 Å². The first-order chi connectivity index (χ1) is 10.6. The predicted octanol–water partition coefficient (Wildman–Crippen LogP) is 3.76. The van der Waals surface area contributed by atoms with E-state index in [1.807, 2.05) is 0 Å². The molecule has 2 atom stereocenters. The molecule has 0 radical (unpaired) electrons. The van der Waals surface area contributed by atoms with Crippen molar-refractivity contribution in [3.05, 3.63) is 35.6 Å². The van der Waals surface area contributed by atoms with Crippen LogP contribution in [0.2, 0.25) is 0 Å². The maximum atomic E-state index is 14.2. The van der Waals surface area contributed by atoms with E-state index in [2.05, 4.69) is 5.32 Å². The number of alkyl carbamates (subject to hydrolysis) is 1. The predicted molar refractivity (Wildman–Crippen MR) is 80.9 cm³/mol. The van der Waals surface area contributed by atoms with Crippen LogP contribution in [0.1, 0.15) is 50.6 Å². The number of benzene rings is 1. The first kappa shape index (κ1) is 16.5. The number of nitrogens with one attached hydrogen (secondary N) is 1. The maximum absolute atomic E-state index is 14.2. The minimum Gasteiger partial charge on any atom is -0.450 e. The van der Waals surface area contributed by atoms with Crippen molar-refractivity contribution in [1.82, 2.24) is 5.32 Å². The molecule has 0 saturated heterocycles. The molecule has 0 spiro atoms. The summed E-state index contributed by atoms with van der Waals surface area (Å²) in [5.74, 6) is -0.729. The Morgan fingerprint density at radius 1 is 1.36 bits per heavy atom. The topological polar surface area (TPSA) is 55.4 Å². The quantitative estimate of drug-likeness (QED) is 0.862. The van der Waals surface area contributed by atoms with Gasteiger partial charge in [0, 0.05) is 17.9 Å². The molecular formula is C17H22FNO3. The molecule has 120 valence electrons. The molecule has 1 aliphatic carbocycles. The third-order valence-electron chi connectivity index (χ3n) is 4.04. The van der Waals surface area contributed by atoms with Gasteiger partial charge in [0.25, 0.3) is 0 Å². The van der Waals surface area contributed by atoms with Gasteiger partial charge in [-0.15, -0.1) is 0 Å². The van der Waals surface area contributed by atoms with Crippen molar-refractivity contribution >= 4 is 11.9 Å². The van der Waals surface area contributed by atoms with Crippen LogP contribution in [0.5, 0.6) is 0 Å². The van der Waals surface area contributed by atoms with Crippen LogP contribution in [0.25, 0.3) is 0 Å². The molecule has 1 N–H and O–H groups in total. The monoisotopic (exact) mass is 307 g/mol. The third kappa shape index (κ3) is 4.06. The summed E-state index contributed by atoms with van der Waals surface area (Å²) < 4.78 is 19.1. The number of hydrogen-bond acceptors (Lipinski definition) is 3. The van der Waals surface area contributed by atoms with Crippen LogP contribution in [-0.2, 0) is 9.53 Å². The van der Waals surface area contributed by atoms with Crippen LogP contribution >= 0.6 is 0 Å². The SMILES string of the molecule is CCOC(=O)N[C@H](c1ccccc1F)[C@@H]1CCCCCC1=O. The van der Waals surface area contributed by atoms with Gasteiger partial charge in [-0.2, -0.15) is 0 Å². The summed E-state index contributed by atoms with van der Waals surface area (Å²) in [5.41, 5.74) is 0.343. The molecule has 22 heavy (non-hydrogen) atoms. The largest absolute Gasteiger partial charge is 0.450 e. The number of halogens is 1. The normalized spacial score (nSPS) is 20.1. The van der Waals surface area contributed by atoms with E-state index in [0.29, 0.717) is 18.4 Å². The average molecular weight is 307 g/mol. The number of carbonyl (C=O) groups excluding carboxylic acids is 2. The van der Waals surface area contributed by atoms with Crippen molar-refractivity contribution < 1.29 is 18.7 Å². The highest BCUT2D eigenvalue weighted by Gasteiger charge is 2.33. The summed E-state index contributed by atoms with van der Waals surface area (Å²) in [6, 6.07) is 5.58. The molecule has 2 rings (SSSR count). The van der Waals surface area contributed by atoms with Crippen molar-refractivity contribution in [1.29, 1.82) is 0 Å². The van der Waals surface area contributed by atoms with Gasteiger partial charge in [0.2, 0.25) is 0 Å². The van der Waals surface area contributed by atoms with Gasteiger partial charge in [0.1, 0.15) is 11.6 Å². The van der Waals surface area contributed by atoms with E-state index in [9.17, 15) is 14.0 Å². The van der Waals surface area contributed by atoms with Crippen LogP contribution in [0.15, 0.2) is 24.3 Å². The second-order valence-corrected chi connectivity index (χ2v) is 5.54. The molecule has 5 heteroatoms. The summed E-state index contributed by atoms with van der Waals surface area (Å²) in [5, 5.41) is 2.68. The minimum atomic E-state index is -0.675. The summed E-state index contributed by atoms with van der Waals surface area (Å²) in [6.45, 7) is 1.93. The highest BCUT2D eigenvalue weighted by Crippen LogP contribution is 2.32. The van der Waals surface area contributed by atoms with Crippen molar-refractivity contribution in [3.8, 4) is 0 Å². The van der Waals surface area contributed by atoms with Crippen LogP contribution < -0.4 is 5.32 Å². The van der Waals surface area contributed by atoms with E-state index >= 15 is 0 Å². The lowest BCUT2D eigenvalue weighted by Gasteiger charge is -2.26. The molecule has 0 aliphatic heterocycles. The van der Waals surface area contributed by atoms with Gasteiger partial charge in [0.05, 0.1) is 12.6 Å². The number of Topliss-reactive ketones (excluding diaryl/α,β-unsaturated/α-hetero) is 1. The fourth-order valence-corrected chi connectivity index (χ4v) is 2.96. The Labute approximate surface area is 130 Å². The molecule has 0 bridgehead atoms. The van der Waals surface area contributed by atoms with Crippen LogP contribution in [-0.4, -0.2) is 18.5 Å². The minimum absolute atomic E-state index is 0.0857. The lowest BCUT2D eigenvalue weighted by atomic mass is 9.86. The van der Waals surface area contributed by atoms with Crippen molar-refractivity contribution in [2.24, 2.45) is 5.92 Å². The highest BCUT2D eigenvalue weighted by molar-refractivity contribution is 5.83. The molecule has 0 unspecified atom stereocenters. The fourth-order valence-electron chi connectivity index (χ4n) is 2.96. The molecule has 4 nitrogen and oxygen atoms in total. The molecule has 1 aliphatic rings. The Morgan fingerprint density at radius 3 is 2.86 bits per heavy atom. The van der Waals surface area contributed by atoms with Gasteiger partial charge in [0.15, 0.2) is 0 Å². The Morgan fingerprint density at radius 2 is 2.14 bits per heavy atom. The van der Waals surface area contributed by atoms with E-state index in [1.165, 1.54) is 6.07 Å². The number of hydrogen-bond donors (Lipinski definition) is 1. The molecule has 0 aromatic heterocycles. The summed E-state index contributed by atoms with van der Waals surface area (Å²) >= 11 is 0. The Bertz CT molecular complexity index is 532. The summed E-state index contributed by atoms with van der Waals surface area (Å²) in [7, 11) is 0. The number of ether oxygens (including phenoxy) is 1. The van der Waals surface area contributed by atoms with Crippen molar-refractivity contribution in [3.63, 3.8) is 0 Å². The summed E-state index contributed by atoms with van der Waals surface area (Å²) in [6.07, 6.45) is 3.29. The molecule has 0 heterocycles. The zero-order chi connectivity index (χ0) is 15.9. The smallest absolute Gasteiger partial charge is 0.407 e. The van der Waals surface area contributed by atoms with Crippen LogP contribution in [0.4, 0.5) is 9.18 Å². The van der Waals surface area contributed by atoms with Gasteiger partial charge in [-0.05, 0) is 25.8 Å². The number of rotatable bonds is 4. The van der Waals surface area contributed by atoms with Crippen LogP contribution in [0.3, 0.4) is 0 Å². The Balaban J connectivity index is 2.29. The fraction of sp³-hybridized carbons (Fsp3) is 0.529. The summed E-state index contributed by atoms with van der Waals surface area (Å²) in [4.78, 5) is 24.2. The first-order valence-electron chi connectivity index (χ1n) is 7.84. The molecule has 1 saturated carbocycles. The standard InChI is InChI=1S/C17H22FNO3/c1-2-22-17(21)19-16(12-8-6-7-10-14(12)18)13-9-4-3-5-11-15(13)20/h6-8,10,13,16H,2-5,9,11H2,1H3,(H,19,21)/t13-,16-/m1/s1. The molecule has 1 aromatic rings.